The van der Waals surface area contributed by atoms with Crippen molar-refractivity contribution in [1.29, 1.82) is 0 Å². The summed E-state index contributed by atoms with van der Waals surface area (Å²) in [4.78, 5) is 28.7. The zero-order valence-electron chi connectivity index (χ0n) is 17.5. The molecule has 0 radical (unpaired) electrons. The van der Waals surface area contributed by atoms with Crippen LogP contribution in [0.2, 0.25) is 0 Å². The first-order chi connectivity index (χ1) is 15.0. The molecule has 7 heteroatoms. The van der Waals surface area contributed by atoms with E-state index in [4.69, 9.17) is 9.47 Å². The Morgan fingerprint density at radius 2 is 1.74 bits per heavy atom. The second-order valence-electron chi connectivity index (χ2n) is 7.00. The maximum atomic E-state index is 12.4. The maximum absolute atomic E-state index is 12.4. The Morgan fingerprint density at radius 1 is 1.00 bits per heavy atom. The van der Waals surface area contributed by atoms with E-state index in [1.165, 1.54) is 0 Å². The van der Waals surface area contributed by atoms with E-state index in [1.54, 1.807) is 68.9 Å². The van der Waals surface area contributed by atoms with E-state index in [1.807, 2.05) is 18.2 Å². The van der Waals surface area contributed by atoms with Crippen LogP contribution < -0.4 is 20.1 Å². The van der Waals surface area contributed by atoms with Crippen LogP contribution >= 0.6 is 0 Å². The van der Waals surface area contributed by atoms with Crippen LogP contribution in [-0.4, -0.2) is 29.9 Å². The number of benzene rings is 2. The molecule has 2 amide bonds. The number of carbonyl (C=O) groups is 2. The van der Waals surface area contributed by atoms with Crippen molar-refractivity contribution < 1.29 is 19.1 Å². The van der Waals surface area contributed by atoms with Crippen LogP contribution in [0.5, 0.6) is 11.5 Å². The van der Waals surface area contributed by atoms with Crippen molar-refractivity contribution in [2.75, 3.05) is 12.4 Å². The average molecular weight is 419 g/mol. The summed E-state index contributed by atoms with van der Waals surface area (Å²) in [6.45, 7) is 2.14. The summed E-state index contributed by atoms with van der Waals surface area (Å²) in [6, 6.07) is 17.5. The molecule has 0 fully saturated rings. The van der Waals surface area contributed by atoms with Crippen molar-refractivity contribution in [3.63, 3.8) is 0 Å². The first kappa shape index (κ1) is 21.8. The van der Waals surface area contributed by atoms with Crippen molar-refractivity contribution in [2.24, 2.45) is 0 Å². The molecular formula is C24H25N3O4. The standard InChI is InChI=1S/C24H25N3O4/c1-17(26-24(29)19-6-4-3-5-7-19)14-23(28)27-20-8-9-21(30-2)22(15-20)31-16-18-10-12-25-13-11-18/h3-13,15,17H,14,16H2,1-2H3,(H,26,29)(H,27,28). The summed E-state index contributed by atoms with van der Waals surface area (Å²) in [7, 11) is 1.56. The number of carbonyl (C=O) groups excluding carboxylic acids is 2. The van der Waals surface area contributed by atoms with E-state index in [-0.39, 0.29) is 24.3 Å². The van der Waals surface area contributed by atoms with Gasteiger partial charge in [0.25, 0.3) is 5.91 Å². The predicted molar refractivity (Wildman–Crippen MR) is 118 cm³/mol. The number of rotatable bonds is 9. The summed E-state index contributed by atoms with van der Waals surface area (Å²) < 4.78 is 11.2. The van der Waals surface area contributed by atoms with Gasteiger partial charge >= 0.3 is 0 Å². The van der Waals surface area contributed by atoms with Gasteiger partial charge in [-0.25, -0.2) is 0 Å². The van der Waals surface area contributed by atoms with Gasteiger partial charge in [-0.3, -0.25) is 14.6 Å². The maximum Gasteiger partial charge on any atom is 0.251 e. The number of ether oxygens (including phenoxy) is 2. The van der Waals surface area contributed by atoms with Gasteiger partial charge in [-0.05, 0) is 48.9 Å². The molecule has 2 N–H and O–H groups in total. The quantitative estimate of drug-likeness (QED) is 0.550. The Bertz CT molecular complexity index is 1010. The van der Waals surface area contributed by atoms with Crippen LogP contribution in [0.3, 0.4) is 0 Å². The van der Waals surface area contributed by atoms with Crippen molar-refractivity contribution >= 4 is 17.5 Å². The van der Waals surface area contributed by atoms with Gasteiger partial charge in [0.2, 0.25) is 5.91 Å². The summed E-state index contributed by atoms with van der Waals surface area (Å²) in [6.07, 6.45) is 3.53. The minimum absolute atomic E-state index is 0.137. The lowest BCUT2D eigenvalue weighted by Crippen LogP contribution is -2.35. The Kier molecular flexibility index (Phi) is 7.59. The van der Waals surface area contributed by atoms with Gasteiger partial charge in [-0.2, -0.15) is 0 Å². The third-order valence-corrected chi connectivity index (χ3v) is 4.50. The van der Waals surface area contributed by atoms with E-state index in [9.17, 15) is 9.59 Å². The van der Waals surface area contributed by atoms with Gasteiger partial charge in [-0.1, -0.05) is 18.2 Å². The summed E-state index contributed by atoms with van der Waals surface area (Å²) >= 11 is 0. The highest BCUT2D eigenvalue weighted by Crippen LogP contribution is 2.31. The van der Waals surface area contributed by atoms with E-state index in [0.29, 0.717) is 29.4 Å². The van der Waals surface area contributed by atoms with Gasteiger partial charge < -0.3 is 20.1 Å². The van der Waals surface area contributed by atoms with Gasteiger partial charge in [0.1, 0.15) is 6.61 Å². The van der Waals surface area contributed by atoms with Gasteiger partial charge in [0.15, 0.2) is 11.5 Å². The van der Waals surface area contributed by atoms with Crippen molar-refractivity contribution in [2.45, 2.75) is 26.0 Å². The summed E-state index contributed by atoms with van der Waals surface area (Å²) in [5, 5.41) is 5.67. The SMILES string of the molecule is COc1ccc(NC(=O)CC(C)NC(=O)c2ccccc2)cc1OCc1ccncc1. The molecule has 1 heterocycles. The number of pyridine rings is 1. The van der Waals surface area contributed by atoms with Crippen LogP contribution in [0.4, 0.5) is 5.69 Å². The molecule has 1 aromatic heterocycles. The third-order valence-electron chi connectivity index (χ3n) is 4.50. The molecule has 3 rings (SSSR count). The second-order valence-corrected chi connectivity index (χ2v) is 7.00. The molecule has 7 nitrogen and oxygen atoms in total. The fourth-order valence-electron chi connectivity index (χ4n) is 2.95. The first-order valence-electron chi connectivity index (χ1n) is 9.90. The minimum Gasteiger partial charge on any atom is -0.493 e. The van der Waals surface area contributed by atoms with Gasteiger partial charge in [0, 0.05) is 42.2 Å². The largest absolute Gasteiger partial charge is 0.493 e. The molecule has 0 bridgehead atoms. The van der Waals surface area contributed by atoms with Crippen molar-refractivity contribution in [3.8, 4) is 11.5 Å². The summed E-state index contributed by atoms with van der Waals surface area (Å²) in [5.41, 5.74) is 2.10. The average Bonchev–Trinajstić information content (AvgIpc) is 2.79. The van der Waals surface area contributed by atoms with E-state index in [0.717, 1.165) is 5.56 Å². The topological polar surface area (TPSA) is 89.6 Å². The molecule has 0 saturated carbocycles. The van der Waals surface area contributed by atoms with E-state index < -0.39 is 0 Å². The Balaban J connectivity index is 1.57. The molecule has 0 spiro atoms. The van der Waals surface area contributed by atoms with Crippen molar-refractivity contribution in [3.05, 3.63) is 84.2 Å². The number of hydrogen-bond donors (Lipinski definition) is 2. The molecule has 160 valence electrons. The molecule has 31 heavy (non-hydrogen) atoms. The number of hydrogen-bond acceptors (Lipinski definition) is 5. The normalized spacial score (nSPS) is 11.3. The fourth-order valence-corrected chi connectivity index (χ4v) is 2.95. The zero-order valence-corrected chi connectivity index (χ0v) is 17.5. The molecule has 0 aliphatic carbocycles. The second kappa shape index (κ2) is 10.8. The molecular weight excluding hydrogens is 394 g/mol. The predicted octanol–water partition coefficient (Wildman–Crippen LogP) is 3.82. The molecule has 2 aromatic carbocycles. The summed E-state index contributed by atoms with van der Waals surface area (Å²) in [5.74, 6) is 0.654. The number of aromatic nitrogens is 1. The van der Waals surface area contributed by atoms with Crippen LogP contribution in [0.15, 0.2) is 73.1 Å². The lowest BCUT2D eigenvalue weighted by molar-refractivity contribution is -0.116. The highest BCUT2D eigenvalue weighted by Gasteiger charge is 2.14. The van der Waals surface area contributed by atoms with Crippen LogP contribution in [0, 0.1) is 0 Å². The van der Waals surface area contributed by atoms with Gasteiger partial charge in [0.05, 0.1) is 7.11 Å². The smallest absolute Gasteiger partial charge is 0.251 e. The lowest BCUT2D eigenvalue weighted by atomic mass is 10.1. The van der Waals surface area contributed by atoms with E-state index in [2.05, 4.69) is 15.6 Å². The number of anilines is 1. The highest BCUT2D eigenvalue weighted by molar-refractivity contribution is 5.95. The fraction of sp³-hybridized carbons (Fsp3) is 0.208. The number of methoxy groups -OCH3 is 1. The first-order valence-corrected chi connectivity index (χ1v) is 9.90. The molecule has 1 atom stereocenters. The zero-order chi connectivity index (χ0) is 22.1. The highest BCUT2D eigenvalue weighted by atomic mass is 16.5. The number of nitrogens with one attached hydrogen (secondary N) is 2. The minimum atomic E-state index is -0.326. The third kappa shape index (κ3) is 6.57. The van der Waals surface area contributed by atoms with Crippen molar-refractivity contribution in [1.82, 2.24) is 10.3 Å². The number of nitrogens with zero attached hydrogens (tertiary/aromatic N) is 1. The molecule has 1 unspecified atom stereocenters. The molecule has 3 aromatic rings. The Hall–Kier alpha value is -3.87. The van der Waals surface area contributed by atoms with Crippen LogP contribution in [0.25, 0.3) is 0 Å². The molecule has 0 aliphatic heterocycles. The Morgan fingerprint density at radius 3 is 2.45 bits per heavy atom. The number of amides is 2. The van der Waals surface area contributed by atoms with Crippen LogP contribution in [0.1, 0.15) is 29.3 Å². The monoisotopic (exact) mass is 419 g/mol. The van der Waals surface area contributed by atoms with Crippen LogP contribution in [-0.2, 0) is 11.4 Å². The Labute approximate surface area is 181 Å². The molecule has 0 saturated heterocycles. The lowest BCUT2D eigenvalue weighted by Gasteiger charge is -2.15. The molecule has 0 aliphatic rings. The van der Waals surface area contributed by atoms with Gasteiger partial charge in [-0.15, -0.1) is 0 Å². The van der Waals surface area contributed by atoms with E-state index >= 15 is 0 Å².